The van der Waals surface area contributed by atoms with E-state index in [0.717, 1.165) is 17.5 Å². The van der Waals surface area contributed by atoms with Gasteiger partial charge in [-0.15, -0.1) is 10.2 Å². The Morgan fingerprint density at radius 2 is 2.33 bits per heavy atom. The molecule has 3 heterocycles. The Bertz CT molecular complexity index is 664. The van der Waals surface area contributed by atoms with E-state index >= 15 is 0 Å². The van der Waals surface area contributed by atoms with E-state index in [1.54, 1.807) is 11.2 Å². The summed E-state index contributed by atoms with van der Waals surface area (Å²) in [5.41, 5.74) is 5.91. The number of thiazole rings is 1. The maximum atomic E-state index is 12.6. The maximum Gasteiger partial charge on any atom is 0.268 e. The number of fused-ring (bicyclic) bond motifs is 1. The van der Waals surface area contributed by atoms with E-state index in [1.807, 2.05) is 23.4 Å². The first kappa shape index (κ1) is 13.8. The van der Waals surface area contributed by atoms with Crippen LogP contribution in [0.1, 0.15) is 22.4 Å². The Morgan fingerprint density at radius 3 is 3.10 bits per heavy atom. The van der Waals surface area contributed by atoms with Gasteiger partial charge in [-0.2, -0.15) is 0 Å². The van der Waals surface area contributed by atoms with Gasteiger partial charge >= 0.3 is 0 Å². The van der Waals surface area contributed by atoms with Crippen LogP contribution in [0.15, 0.2) is 6.33 Å². The molecule has 0 spiro atoms. The Hall–Kier alpha value is -2.16. The van der Waals surface area contributed by atoms with Crippen molar-refractivity contribution in [2.24, 2.45) is 0 Å². The molecule has 8 nitrogen and oxygen atoms in total. The third kappa shape index (κ3) is 2.44. The van der Waals surface area contributed by atoms with E-state index in [1.165, 1.54) is 11.3 Å². The van der Waals surface area contributed by atoms with Crippen molar-refractivity contribution in [3.8, 4) is 0 Å². The predicted octanol–water partition coefficient (Wildman–Crippen LogP) is 0.429. The first-order valence-corrected chi connectivity index (χ1v) is 7.55. The van der Waals surface area contributed by atoms with Crippen molar-refractivity contribution < 1.29 is 4.79 Å². The summed E-state index contributed by atoms with van der Waals surface area (Å²) in [4.78, 5) is 21.1. The summed E-state index contributed by atoms with van der Waals surface area (Å²) in [5, 5.41) is 8.64. The molecule has 0 aliphatic carbocycles. The van der Waals surface area contributed by atoms with Crippen LogP contribution in [0.4, 0.5) is 10.9 Å². The Balaban J connectivity index is 1.81. The minimum absolute atomic E-state index is 0.0880. The summed E-state index contributed by atoms with van der Waals surface area (Å²) in [6.07, 6.45) is 1.69. The number of anilines is 2. The SMILES string of the molecule is CCN(C)c1nc(N)c(C(=O)N2CCn3cnnc3C2)s1. The van der Waals surface area contributed by atoms with Crippen LogP contribution in [0.5, 0.6) is 0 Å². The number of nitrogens with two attached hydrogens (primary N) is 1. The molecule has 2 N–H and O–H groups in total. The molecule has 21 heavy (non-hydrogen) atoms. The molecule has 9 heteroatoms. The fourth-order valence-electron chi connectivity index (χ4n) is 2.16. The fraction of sp³-hybridized carbons (Fsp3) is 0.500. The van der Waals surface area contributed by atoms with Crippen LogP contribution in [-0.4, -0.2) is 50.7 Å². The summed E-state index contributed by atoms with van der Waals surface area (Å²) in [6.45, 7) is 4.62. The van der Waals surface area contributed by atoms with Gasteiger partial charge in [0, 0.05) is 26.7 Å². The van der Waals surface area contributed by atoms with Crippen molar-refractivity contribution in [2.75, 3.05) is 30.8 Å². The van der Waals surface area contributed by atoms with Gasteiger partial charge in [-0.3, -0.25) is 4.79 Å². The number of amides is 1. The lowest BCUT2D eigenvalue weighted by Gasteiger charge is -2.26. The zero-order chi connectivity index (χ0) is 15.0. The lowest BCUT2D eigenvalue weighted by Crippen LogP contribution is -2.38. The largest absolute Gasteiger partial charge is 0.382 e. The van der Waals surface area contributed by atoms with E-state index in [9.17, 15) is 4.79 Å². The number of nitrogen functional groups attached to an aromatic ring is 1. The van der Waals surface area contributed by atoms with Crippen LogP contribution in [0.3, 0.4) is 0 Å². The molecule has 0 radical (unpaired) electrons. The molecule has 0 atom stereocenters. The Morgan fingerprint density at radius 1 is 1.52 bits per heavy atom. The van der Waals surface area contributed by atoms with Gasteiger partial charge in [-0.05, 0) is 6.92 Å². The monoisotopic (exact) mass is 307 g/mol. The Labute approximate surface area is 126 Å². The van der Waals surface area contributed by atoms with Gasteiger partial charge in [0.25, 0.3) is 5.91 Å². The van der Waals surface area contributed by atoms with Crippen LogP contribution >= 0.6 is 11.3 Å². The fourth-order valence-corrected chi connectivity index (χ4v) is 3.13. The van der Waals surface area contributed by atoms with Gasteiger partial charge < -0.3 is 20.1 Å². The molecular formula is C12H17N7OS. The molecule has 0 unspecified atom stereocenters. The van der Waals surface area contributed by atoms with E-state index in [4.69, 9.17) is 5.73 Å². The molecule has 3 rings (SSSR count). The summed E-state index contributed by atoms with van der Waals surface area (Å²) in [7, 11) is 1.93. The molecule has 112 valence electrons. The molecule has 0 aromatic carbocycles. The second-order valence-electron chi connectivity index (χ2n) is 4.89. The highest BCUT2D eigenvalue weighted by Gasteiger charge is 2.27. The smallest absolute Gasteiger partial charge is 0.268 e. The second-order valence-corrected chi connectivity index (χ2v) is 5.87. The number of hydrogen-bond donors (Lipinski definition) is 1. The number of hydrogen-bond acceptors (Lipinski definition) is 7. The Kier molecular flexibility index (Phi) is 3.50. The molecule has 0 saturated heterocycles. The van der Waals surface area contributed by atoms with Crippen molar-refractivity contribution in [1.82, 2.24) is 24.6 Å². The second kappa shape index (κ2) is 5.32. The third-order valence-electron chi connectivity index (χ3n) is 3.56. The van der Waals surface area contributed by atoms with Crippen molar-refractivity contribution in [1.29, 1.82) is 0 Å². The first-order valence-electron chi connectivity index (χ1n) is 6.73. The molecule has 0 bridgehead atoms. The molecule has 1 aliphatic rings. The minimum Gasteiger partial charge on any atom is -0.382 e. The van der Waals surface area contributed by atoms with Crippen LogP contribution in [0, 0.1) is 0 Å². The van der Waals surface area contributed by atoms with Crippen molar-refractivity contribution >= 4 is 28.2 Å². The molecule has 2 aromatic heterocycles. The zero-order valence-corrected chi connectivity index (χ0v) is 12.8. The minimum atomic E-state index is -0.0880. The van der Waals surface area contributed by atoms with Gasteiger partial charge in [-0.1, -0.05) is 11.3 Å². The van der Waals surface area contributed by atoms with Gasteiger partial charge in [0.1, 0.15) is 17.0 Å². The van der Waals surface area contributed by atoms with Gasteiger partial charge in [0.05, 0.1) is 6.54 Å². The molecule has 1 aliphatic heterocycles. The summed E-state index contributed by atoms with van der Waals surface area (Å²) in [5.74, 6) is 1.01. The standard InChI is InChI=1S/C12H17N7OS/c1-3-17(2)12-15-10(13)9(21-12)11(20)18-4-5-19-7-14-16-8(19)6-18/h7H,3-6,13H2,1-2H3. The topological polar surface area (TPSA) is 93.2 Å². The quantitative estimate of drug-likeness (QED) is 0.884. The average Bonchev–Trinajstić information content (AvgIpc) is 3.11. The molecule has 0 saturated carbocycles. The zero-order valence-electron chi connectivity index (χ0n) is 12.0. The first-order chi connectivity index (χ1) is 10.1. The van der Waals surface area contributed by atoms with Gasteiger partial charge in [0.2, 0.25) is 0 Å². The molecular weight excluding hydrogens is 290 g/mol. The number of rotatable bonds is 3. The lowest BCUT2D eigenvalue weighted by atomic mass is 10.3. The van der Waals surface area contributed by atoms with Crippen molar-refractivity contribution in [3.05, 3.63) is 17.0 Å². The van der Waals surface area contributed by atoms with Gasteiger partial charge in [-0.25, -0.2) is 4.98 Å². The van der Waals surface area contributed by atoms with E-state index in [0.29, 0.717) is 30.3 Å². The summed E-state index contributed by atoms with van der Waals surface area (Å²) in [6, 6.07) is 0. The summed E-state index contributed by atoms with van der Waals surface area (Å²) < 4.78 is 1.95. The van der Waals surface area contributed by atoms with E-state index in [-0.39, 0.29) is 5.91 Å². The average molecular weight is 307 g/mol. The molecule has 0 fully saturated rings. The number of aromatic nitrogens is 4. The number of carbonyl (C=O) groups excluding carboxylic acids is 1. The van der Waals surface area contributed by atoms with E-state index in [2.05, 4.69) is 15.2 Å². The van der Waals surface area contributed by atoms with Crippen LogP contribution in [-0.2, 0) is 13.1 Å². The normalized spacial score (nSPS) is 14.1. The number of nitrogens with zero attached hydrogens (tertiary/aromatic N) is 6. The highest BCUT2D eigenvalue weighted by molar-refractivity contribution is 7.18. The van der Waals surface area contributed by atoms with E-state index < -0.39 is 0 Å². The van der Waals surface area contributed by atoms with Crippen LogP contribution in [0.2, 0.25) is 0 Å². The molecule has 2 aromatic rings. The highest BCUT2D eigenvalue weighted by Crippen LogP contribution is 2.29. The van der Waals surface area contributed by atoms with Crippen LogP contribution in [0.25, 0.3) is 0 Å². The third-order valence-corrected chi connectivity index (χ3v) is 4.74. The maximum absolute atomic E-state index is 12.6. The molecule has 1 amide bonds. The summed E-state index contributed by atoms with van der Waals surface area (Å²) >= 11 is 1.33. The van der Waals surface area contributed by atoms with Crippen molar-refractivity contribution in [2.45, 2.75) is 20.0 Å². The highest BCUT2D eigenvalue weighted by atomic mass is 32.1. The lowest BCUT2D eigenvalue weighted by molar-refractivity contribution is 0.0713. The van der Waals surface area contributed by atoms with Crippen molar-refractivity contribution in [3.63, 3.8) is 0 Å². The predicted molar refractivity (Wildman–Crippen MR) is 80.2 cm³/mol. The number of carbonyl (C=O) groups is 1. The van der Waals surface area contributed by atoms with Crippen LogP contribution < -0.4 is 10.6 Å². The van der Waals surface area contributed by atoms with Gasteiger partial charge in [0.15, 0.2) is 11.0 Å².